The number of benzene rings is 1. The van der Waals surface area contributed by atoms with Crippen LogP contribution in [0.15, 0.2) is 22.6 Å². The summed E-state index contributed by atoms with van der Waals surface area (Å²) in [5.41, 5.74) is 2.70. The molecule has 0 bridgehead atoms. The lowest BCUT2D eigenvalue weighted by Crippen LogP contribution is -2.37. The Morgan fingerprint density at radius 2 is 2.25 bits per heavy atom. The Bertz CT molecular complexity index is 659. The fourth-order valence-corrected chi connectivity index (χ4v) is 3.01. The number of rotatable bonds is 2. The smallest absolute Gasteiger partial charge is 0.290 e. The summed E-state index contributed by atoms with van der Waals surface area (Å²) < 4.78 is 5.82. The Hall–Kier alpha value is -1.81. The van der Waals surface area contributed by atoms with E-state index in [9.17, 15) is 9.90 Å². The summed E-state index contributed by atoms with van der Waals surface area (Å²) in [5.74, 6) is 0.310. The molecule has 1 amide bonds. The average Bonchev–Trinajstić information content (AvgIpc) is 3.04. The molecule has 1 atom stereocenters. The van der Waals surface area contributed by atoms with Gasteiger partial charge in [0.25, 0.3) is 5.91 Å². The van der Waals surface area contributed by atoms with E-state index in [2.05, 4.69) is 0 Å². The number of para-hydroxylation sites is 1. The van der Waals surface area contributed by atoms with Gasteiger partial charge in [0, 0.05) is 17.5 Å². The number of furan rings is 1. The van der Waals surface area contributed by atoms with Crippen LogP contribution >= 0.6 is 0 Å². The number of carbonyl (C=O) groups excluding carboxylic acids is 1. The Labute approximate surface area is 118 Å². The van der Waals surface area contributed by atoms with E-state index in [-0.39, 0.29) is 18.6 Å². The zero-order valence-electron chi connectivity index (χ0n) is 11.8. The lowest BCUT2D eigenvalue weighted by atomic mass is 10.1. The highest BCUT2D eigenvalue weighted by molar-refractivity contribution is 5.99. The summed E-state index contributed by atoms with van der Waals surface area (Å²) in [4.78, 5) is 14.4. The van der Waals surface area contributed by atoms with Gasteiger partial charge in [-0.05, 0) is 32.3 Å². The topological polar surface area (TPSA) is 53.7 Å². The molecule has 0 unspecified atom stereocenters. The molecule has 20 heavy (non-hydrogen) atoms. The summed E-state index contributed by atoms with van der Waals surface area (Å²) in [7, 11) is 0. The van der Waals surface area contributed by atoms with Crippen LogP contribution in [0.1, 0.15) is 34.5 Å². The van der Waals surface area contributed by atoms with Gasteiger partial charge in [0.2, 0.25) is 0 Å². The minimum absolute atomic E-state index is 0.0179. The van der Waals surface area contributed by atoms with Gasteiger partial charge in [-0.15, -0.1) is 0 Å². The van der Waals surface area contributed by atoms with Crippen molar-refractivity contribution in [3.8, 4) is 0 Å². The number of hydrogen-bond acceptors (Lipinski definition) is 3. The molecule has 1 aliphatic heterocycles. The number of hydrogen-bond donors (Lipinski definition) is 1. The molecule has 3 rings (SSSR count). The average molecular weight is 273 g/mol. The van der Waals surface area contributed by atoms with E-state index in [1.807, 2.05) is 32.0 Å². The van der Waals surface area contributed by atoms with Crippen molar-refractivity contribution in [1.82, 2.24) is 4.90 Å². The highest BCUT2D eigenvalue weighted by Crippen LogP contribution is 2.30. The zero-order valence-corrected chi connectivity index (χ0v) is 11.8. The number of amides is 1. The molecular formula is C16H19NO3. The van der Waals surface area contributed by atoms with Crippen molar-refractivity contribution < 1.29 is 14.3 Å². The van der Waals surface area contributed by atoms with E-state index in [1.165, 1.54) is 0 Å². The van der Waals surface area contributed by atoms with Gasteiger partial charge in [0.15, 0.2) is 5.76 Å². The van der Waals surface area contributed by atoms with Crippen molar-refractivity contribution in [2.75, 3.05) is 13.2 Å². The summed E-state index contributed by atoms with van der Waals surface area (Å²) in [6, 6.07) is 5.86. The predicted octanol–water partition coefficient (Wildman–Crippen LogP) is 2.65. The SMILES string of the molecule is Cc1c(C(=O)N2CCC[C@@H]2CO)oc2c(C)cccc12. The van der Waals surface area contributed by atoms with E-state index in [0.717, 1.165) is 34.9 Å². The first kappa shape index (κ1) is 13.2. The fraction of sp³-hybridized carbons (Fsp3) is 0.438. The minimum Gasteiger partial charge on any atom is -0.450 e. The first-order chi connectivity index (χ1) is 9.63. The van der Waals surface area contributed by atoms with Gasteiger partial charge in [0.1, 0.15) is 5.58 Å². The summed E-state index contributed by atoms with van der Waals surface area (Å²) in [6.45, 7) is 4.61. The molecule has 1 aromatic carbocycles. The van der Waals surface area contributed by atoms with Crippen LogP contribution in [-0.2, 0) is 0 Å². The molecule has 2 heterocycles. The molecule has 106 valence electrons. The highest BCUT2D eigenvalue weighted by atomic mass is 16.3. The van der Waals surface area contributed by atoms with Crippen LogP contribution in [0.3, 0.4) is 0 Å². The van der Waals surface area contributed by atoms with Crippen molar-refractivity contribution in [2.45, 2.75) is 32.7 Å². The van der Waals surface area contributed by atoms with Crippen LogP contribution in [0, 0.1) is 13.8 Å². The maximum atomic E-state index is 12.6. The molecule has 1 fully saturated rings. The standard InChI is InChI=1S/C16H19NO3/c1-10-5-3-7-13-11(2)15(20-14(10)13)16(19)17-8-4-6-12(17)9-18/h3,5,7,12,18H,4,6,8-9H2,1-2H3/t12-/m1/s1. The van der Waals surface area contributed by atoms with Crippen molar-refractivity contribution in [3.63, 3.8) is 0 Å². The first-order valence-electron chi connectivity index (χ1n) is 7.04. The zero-order chi connectivity index (χ0) is 14.3. The van der Waals surface area contributed by atoms with Crippen molar-refractivity contribution in [3.05, 3.63) is 35.1 Å². The van der Waals surface area contributed by atoms with Crippen molar-refractivity contribution in [1.29, 1.82) is 0 Å². The maximum Gasteiger partial charge on any atom is 0.290 e. The van der Waals surface area contributed by atoms with E-state index >= 15 is 0 Å². The van der Waals surface area contributed by atoms with Crippen LogP contribution in [0.5, 0.6) is 0 Å². The lowest BCUT2D eigenvalue weighted by molar-refractivity contribution is 0.0647. The number of carbonyl (C=O) groups is 1. The number of likely N-dealkylation sites (tertiary alicyclic amines) is 1. The highest BCUT2D eigenvalue weighted by Gasteiger charge is 2.32. The van der Waals surface area contributed by atoms with E-state index < -0.39 is 0 Å². The third kappa shape index (κ3) is 1.91. The normalized spacial score (nSPS) is 18.9. The third-order valence-corrected chi connectivity index (χ3v) is 4.20. The maximum absolute atomic E-state index is 12.6. The number of aliphatic hydroxyl groups excluding tert-OH is 1. The second-order valence-electron chi connectivity index (χ2n) is 5.48. The Morgan fingerprint density at radius 1 is 1.45 bits per heavy atom. The molecule has 0 spiro atoms. The molecule has 1 aliphatic rings. The van der Waals surface area contributed by atoms with Gasteiger partial charge < -0.3 is 14.4 Å². The molecule has 2 aromatic rings. The monoisotopic (exact) mass is 273 g/mol. The first-order valence-corrected chi connectivity index (χ1v) is 7.04. The van der Waals surface area contributed by atoms with Gasteiger partial charge in [-0.2, -0.15) is 0 Å². The molecule has 0 saturated carbocycles. The number of nitrogens with zero attached hydrogens (tertiary/aromatic N) is 1. The fourth-order valence-electron chi connectivity index (χ4n) is 3.01. The second-order valence-corrected chi connectivity index (χ2v) is 5.48. The minimum atomic E-state index is -0.102. The van der Waals surface area contributed by atoms with E-state index in [4.69, 9.17) is 4.42 Å². The summed E-state index contributed by atoms with van der Waals surface area (Å²) in [5, 5.41) is 10.4. The van der Waals surface area contributed by atoms with Gasteiger partial charge in [-0.25, -0.2) is 0 Å². The number of aliphatic hydroxyl groups is 1. The summed E-state index contributed by atoms with van der Waals surface area (Å²) >= 11 is 0. The van der Waals surface area contributed by atoms with Crippen LogP contribution in [-0.4, -0.2) is 35.1 Å². The van der Waals surface area contributed by atoms with Gasteiger partial charge in [-0.3, -0.25) is 4.79 Å². The van der Waals surface area contributed by atoms with E-state index in [0.29, 0.717) is 12.3 Å². The van der Waals surface area contributed by atoms with Gasteiger partial charge in [0.05, 0.1) is 12.6 Å². The van der Waals surface area contributed by atoms with Crippen molar-refractivity contribution >= 4 is 16.9 Å². The molecular weight excluding hydrogens is 254 g/mol. The Morgan fingerprint density at radius 3 is 2.95 bits per heavy atom. The molecule has 0 radical (unpaired) electrons. The second kappa shape index (κ2) is 4.94. The molecule has 1 N–H and O–H groups in total. The lowest BCUT2D eigenvalue weighted by Gasteiger charge is -2.22. The summed E-state index contributed by atoms with van der Waals surface area (Å²) in [6.07, 6.45) is 1.80. The third-order valence-electron chi connectivity index (χ3n) is 4.20. The molecule has 4 nitrogen and oxygen atoms in total. The quantitative estimate of drug-likeness (QED) is 0.915. The predicted molar refractivity (Wildman–Crippen MR) is 76.8 cm³/mol. The van der Waals surface area contributed by atoms with Crippen molar-refractivity contribution in [2.24, 2.45) is 0 Å². The largest absolute Gasteiger partial charge is 0.450 e. The number of aryl methyl sites for hydroxylation is 2. The Balaban J connectivity index is 2.04. The van der Waals surface area contributed by atoms with Crippen LogP contribution < -0.4 is 0 Å². The number of fused-ring (bicyclic) bond motifs is 1. The molecule has 4 heteroatoms. The van der Waals surface area contributed by atoms with Gasteiger partial charge in [-0.1, -0.05) is 18.2 Å². The van der Waals surface area contributed by atoms with Crippen LogP contribution in [0.25, 0.3) is 11.0 Å². The van der Waals surface area contributed by atoms with E-state index in [1.54, 1.807) is 4.90 Å². The Kier molecular flexibility index (Phi) is 3.26. The van der Waals surface area contributed by atoms with Crippen LogP contribution in [0.4, 0.5) is 0 Å². The molecule has 1 aromatic heterocycles. The molecule has 1 saturated heterocycles. The van der Waals surface area contributed by atoms with Gasteiger partial charge >= 0.3 is 0 Å². The molecule has 0 aliphatic carbocycles. The van der Waals surface area contributed by atoms with Crippen LogP contribution in [0.2, 0.25) is 0 Å².